The van der Waals surface area contributed by atoms with E-state index in [2.05, 4.69) is 0 Å². The molecule has 0 amide bonds. The zero-order chi connectivity index (χ0) is 2.71. The minimum absolute atomic E-state index is 0. The summed E-state index contributed by atoms with van der Waals surface area (Å²) in [4.78, 5) is 7.04. The van der Waals surface area contributed by atoms with E-state index in [4.69, 9.17) is 9.46 Å². The van der Waals surface area contributed by atoms with Gasteiger partial charge in [0.25, 0.3) is 0 Å². The van der Waals surface area contributed by atoms with Crippen LogP contribution in [0.25, 0.3) is 0 Å². The molecule has 0 saturated carbocycles. The van der Waals surface area contributed by atoms with Crippen LogP contribution < -0.4 is 0 Å². The van der Waals surface area contributed by atoms with Gasteiger partial charge in [0.1, 0.15) is 0 Å². The molecule has 0 aromatic heterocycles. The predicted molar refractivity (Wildman–Crippen MR) is 19.2 cm³/mol. The zero-order valence-electron chi connectivity index (χ0n) is 4.06. The zero-order valence-corrected chi connectivity index (χ0v) is 4.48. The average Bonchev–Trinajstić information content (AvgIpc) is 0.918. The summed E-state index contributed by atoms with van der Waals surface area (Å²) >= 11 is 0. The van der Waals surface area contributed by atoms with Gasteiger partial charge in [-0.15, -0.1) is 0 Å². The summed E-state index contributed by atoms with van der Waals surface area (Å²) in [6.07, 6.45) is 0. The van der Waals surface area contributed by atoms with Gasteiger partial charge in [0.05, 0.1) is 0 Å². The predicted octanol–water partition coefficient (Wildman–Crippen LogP) is -0.238. The van der Waals surface area contributed by atoms with Crippen molar-refractivity contribution in [2.24, 2.45) is 0 Å². The Labute approximate surface area is 44.6 Å². The van der Waals surface area contributed by atoms with Crippen molar-refractivity contribution in [1.29, 1.82) is 0 Å². The van der Waals surface area contributed by atoms with Gasteiger partial charge in [0.15, 0.2) is 0 Å². The van der Waals surface area contributed by atoms with Crippen molar-refractivity contribution in [2.75, 3.05) is 0 Å². The molecular formula is H4MgO2P+. The van der Waals surface area contributed by atoms with E-state index in [1.165, 1.54) is 0 Å². The summed E-state index contributed by atoms with van der Waals surface area (Å²) in [7, 11) is -1.17. The van der Waals surface area contributed by atoms with Crippen LogP contribution in [0.2, 0.25) is 0 Å². The van der Waals surface area contributed by atoms with Gasteiger partial charge in [0.2, 0.25) is 0 Å². The maximum atomic E-state index is 8.51. The number of rotatable bonds is 0. The van der Waals surface area contributed by atoms with Gasteiger partial charge in [-0.2, -0.15) is 4.89 Å². The maximum Gasteiger partial charge on any atom is 2.00 e. The van der Waals surface area contributed by atoms with E-state index < -0.39 is 8.69 Å². The topological polar surface area (TPSA) is 37.3 Å². The SMILES string of the molecule is O=[PH+]O.[H-].[H-].[Mg+2]. The first-order valence-electron chi connectivity index (χ1n) is 0.428. The molecule has 0 bridgehead atoms. The largest absolute Gasteiger partial charge is 2.00 e. The molecule has 1 unspecified atom stereocenters. The molecule has 0 radical (unpaired) electrons. The molecular weight excluding hydrogens is 87.3 g/mol. The van der Waals surface area contributed by atoms with Crippen molar-refractivity contribution in [3.05, 3.63) is 0 Å². The van der Waals surface area contributed by atoms with Gasteiger partial charge >= 0.3 is 31.7 Å². The summed E-state index contributed by atoms with van der Waals surface area (Å²) in [6.45, 7) is 0. The molecule has 0 saturated heterocycles. The molecule has 0 fully saturated rings. The molecule has 22 valence electrons. The summed E-state index contributed by atoms with van der Waals surface area (Å²) in [5.74, 6) is 0. The smallest absolute Gasteiger partial charge is 1.00 e. The van der Waals surface area contributed by atoms with Crippen molar-refractivity contribution < 1.29 is 12.3 Å². The Hall–Kier alpha value is 0.826. The molecule has 1 N–H and O–H groups in total. The monoisotopic (exact) mass is 91.0 g/mol. The second-order valence-electron chi connectivity index (χ2n) is 0.0913. The minimum Gasteiger partial charge on any atom is -1.00 e. The third-order valence-electron chi connectivity index (χ3n) is 0. The van der Waals surface area contributed by atoms with E-state index >= 15 is 0 Å². The molecule has 0 aromatic rings. The van der Waals surface area contributed by atoms with Crippen LogP contribution >= 0.6 is 8.69 Å². The van der Waals surface area contributed by atoms with Crippen molar-refractivity contribution in [3.63, 3.8) is 0 Å². The second kappa shape index (κ2) is 9.16. The van der Waals surface area contributed by atoms with Crippen LogP contribution in [0.15, 0.2) is 0 Å². The van der Waals surface area contributed by atoms with Gasteiger partial charge in [0, 0.05) is 0 Å². The van der Waals surface area contributed by atoms with Gasteiger partial charge in [-0.1, -0.05) is 0 Å². The third kappa shape index (κ3) is 13.8. The Bertz CT molecular complexity index is 19.0. The Morgan fingerprint density at radius 2 is 2.00 bits per heavy atom. The van der Waals surface area contributed by atoms with E-state index in [1.54, 1.807) is 0 Å². The fraction of sp³-hybridized carbons (Fsp3) is 0. The second-order valence-corrected chi connectivity index (χ2v) is 0.274. The van der Waals surface area contributed by atoms with Crippen LogP contribution in [0.5, 0.6) is 0 Å². The van der Waals surface area contributed by atoms with Crippen molar-refractivity contribution in [1.82, 2.24) is 0 Å². The van der Waals surface area contributed by atoms with Crippen LogP contribution in [0.1, 0.15) is 2.85 Å². The van der Waals surface area contributed by atoms with Gasteiger partial charge < -0.3 is 2.85 Å². The Morgan fingerprint density at radius 3 is 2.00 bits per heavy atom. The van der Waals surface area contributed by atoms with E-state index in [0.29, 0.717) is 0 Å². The molecule has 0 aromatic carbocycles. The molecule has 4 heavy (non-hydrogen) atoms. The quantitative estimate of drug-likeness (QED) is 0.330. The molecule has 0 spiro atoms. The summed E-state index contributed by atoms with van der Waals surface area (Å²) in [6, 6.07) is 0. The summed E-state index contributed by atoms with van der Waals surface area (Å²) in [5, 5.41) is 0. The molecule has 4 heteroatoms. The summed E-state index contributed by atoms with van der Waals surface area (Å²) in [5.41, 5.74) is 0. The van der Waals surface area contributed by atoms with Crippen LogP contribution in [0, 0.1) is 0 Å². The molecule has 1 atom stereocenters. The van der Waals surface area contributed by atoms with E-state index in [0.717, 1.165) is 0 Å². The molecule has 0 heterocycles. The Kier molecular flexibility index (Phi) is 20.3. The van der Waals surface area contributed by atoms with E-state index in [9.17, 15) is 0 Å². The fourth-order valence-corrected chi connectivity index (χ4v) is 0. The van der Waals surface area contributed by atoms with Crippen LogP contribution in [-0.4, -0.2) is 27.9 Å². The molecule has 0 aliphatic carbocycles. The first-order chi connectivity index (χ1) is 1.41. The van der Waals surface area contributed by atoms with Crippen molar-refractivity contribution in [3.8, 4) is 0 Å². The third-order valence-corrected chi connectivity index (χ3v) is 0. The number of hydrogen-bond donors (Lipinski definition) is 1. The summed E-state index contributed by atoms with van der Waals surface area (Å²) < 4.78 is 8.51. The average molecular weight is 91.3 g/mol. The van der Waals surface area contributed by atoms with Gasteiger partial charge in [-0.05, 0) is 4.57 Å². The minimum atomic E-state index is -1.17. The van der Waals surface area contributed by atoms with Gasteiger partial charge in [-0.3, -0.25) is 0 Å². The normalized spacial score (nSPS) is 5.25. The van der Waals surface area contributed by atoms with Gasteiger partial charge in [-0.25, -0.2) is 0 Å². The first kappa shape index (κ1) is 8.85. The van der Waals surface area contributed by atoms with Crippen molar-refractivity contribution in [2.45, 2.75) is 0 Å². The van der Waals surface area contributed by atoms with Crippen LogP contribution in [-0.2, 0) is 4.57 Å². The molecule has 0 aliphatic heterocycles. The Balaban J connectivity index is -0.00000000667. The maximum absolute atomic E-state index is 8.51. The molecule has 2 nitrogen and oxygen atoms in total. The van der Waals surface area contributed by atoms with E-state index in [1.807, 2.05) is 0 Å². The molecule has 0 rings (SSSR count). The number of hydrogen-bond acceptors (Lipinski definition) is 1. The van der Waals surface area contributed by atoms with E-state index in [-0.39, 0.29) is 25.9 Å². The van der Waals surface area contributed by atoms with Crippen LogP contribution in [0.4, 0.5) is 0 Å². The fourth-order valence-electron chi connectivity index (χ4n) is 0. The Morgan fingerprint density at radius 1 is 2.00 bits per heavy atom. The van der Waals surface area contributed by atoms with Crippen LogP contribution in [0.3, 0.4) is 0 Å². The van der Waals surface area contributed by atoms with Crippen molar-refractivity contribution >= 4 is 31.7 Å². The standard InChI is InChI=1S/Mg.HO2P.2H/c;1-3-2;;/h;3H;;/q+2;;2*-1/p+1. The first-order valence-corrected chi connectivity index (χ1v) is 1.28. The molecule has 0 aliphatic rings.